The van der Waals surface area contributed by atoms with Crippen LogP contribution in [0.3, 0.4) is 0 Å². The molecule has 344 valence electrons. The highest BCUT2D eigenvalue weighted by Crippen LogP contribution is 2.38. The number of benzene rings is 4. The number of rotatable bonds is 19. The number of para-hydroxylation sites is 3. The standard InChI is InChI=1S/C28H36N2O3.C26H29FN2O3/c1-2-3-4-9-16-30-21-25(23-10-5-7-12-26(23)30)22-14-17-29(18-15-22)19-20-33-27-13-8-6-11-24(27)28(31)32;27-20-7-8-21-23(17-29(24(21)15-20)16-18-5-6-18)19-9-11-28(12-10-19)13-14-32-25-4-2-1-3-22(25)26(30)31/h5-8,10-13,21-22H,2-4,9,14-20H2,1H3,(H,31,32);1-4,7-8,15,17-19H,5-6,9-14,16H2,(H,30,31). The summed E-state index contributed by atoms with van der Waals surface area (Å²) >= 11 is 0. The van der Waals surface area contributed by atoms with E-state index in [2.05, 4.69) is 62.5 Å². The van der Waals surface area contributed by atoms with Gasteiger partial charge in [-0.3, -0.25) is 9.80 Å². The third-order valence-electron chi connectivity index (χ3n) is 13.7. The van der Waals surface area contributed by atoms with Crippen LogP contribution in [0.25, 0.3) is 21.8 Å². The minimum absolute atomic E-state index is 0.168. The van der Waals surface area contributed by atoms with Gasteiger partial charge < -0.3 is 28.8 Å². The third-order valence-corrected chi connectivity index (χ3v) is 13.7. The Bertz CT molecular complexity index is 2510. The molecule has 6 aromatic rings. The van der Waals surface area contributed by atoms with Gasteiger partial charge in [0.2, 0.25) is 0 Å². The first-order valence-corrected chi connectivity index (χ1v) is 24.0. The van der Waals surface area contributed by atoms with Gasteiger partial charge in [-0.05, 0) is 149 Å². The zero-order valence-electron chi connectivity index (χ0n) is 37.9. The Morgan fingerprint density at radius 2 is 1.12 bits per heavy atom. The summed E-state index contributed by atoms with van der Waals surface area (Å²) in [5, 5.41) is 21.2. The number of carboxylic acid groups (broad SMARTS) is 2. The molecule has 4 heterocycles. The molecule has 2 aromatic heterocycles. The fourth-order valence-electron chi connectivity index (χ4n) is 9.89. The lowest BCUT2D eigenvalue weighted by molar-refractivity contribution is 0.0680. The number of unbranched alkanes of at least 4 members (excludes halogenated alkanes) is 3. The lowest BCUT2D eigenvalue weighted by Gasteiger charge is -2.31. The van der Waals surface area contributed by atoms with E-state index in [1.54, 1.807) is 54.6 Å². The van der Waals surface area contributed by atoms with Crippen LogP contribution in [0, 0.1) is 11.7 Å². The van der Waals surface area contributed by atoms with E-state index in [0.717, 1.165) is 89.5 Å². The van der Waals surface area contributed by atoms with Gasteiger partial charge in [0.25, 0.3) is 0 Å². The fourth-order valence-corrected chi connectivity index (χ4v) is 9.89. The van der Waals surface area contributed by atoms with Crippen LogP contribution < -0.4 is 9.47 Å². The molecule has 0 amide bonds. The van der Waals surface area contributed by atoms with Crippen LogP contribution in [0.4, 0.5) is 4.39 Å². The topological polar surface area (TPSA) is 109 Å². The summed E-state index contributed by atoms with van der Waals surface area (Å²) in [4.78, 5) is 27.5. The highest BCUT2D eigenvalue weighted by molar-refractivity contribution is 5.91. The van der Waals surface area contributed by atoms with Crippen molar-refractivity contribution < 1.29 is 33.7 Å². The Kier molecular flexibility index (Phi) is 15.6. The van der Waals surface area contributed by atoms with E-state index in [1.165, 1.54) is 65.9 Å². The van der Waals surface area contributed by atoms with Gasteiger partial charge in [0.05, 0.1) is 5.52 Å². The summed E-state index contributed by atoms with van der Waals surface area (Å²) in [6.07, 6.45) is 16.8. The average molecular weight is 885 g/mol. The number of nitrogens with zero attached hydrogens (tertiary/aromatic N) is 4. The van der Waals surface area contributed by atoms with E-state index in [1.807, 2.05) is 12.1 Å². The molecular weight excluding hydrogens is 820 g/mol. The van der Waals surface area contributed by atoms with Crippen molar-refractivity contribution in [2.24, 2.45) is 5.92 Å². The van der Waals surface area contributed by atoms with Crippen LogP contribution in [0.2, 0.25) is 0 Å². The van der Waals surface area contributed by atoms with Gasteiger partial charge in [-0.2, -0.15) is 0 Å². The lowest BCUT2D eigenvalue weighted by atomic mass is 9.89. The van der Waals surface area contributed by atoms with Crippen LogP contribution in [-0.4, -0.2) is 93.6 Å². The highest BCUT2D eigenvalue weighted by Gasteiger charge is 2.28. The van der Waals surface area contributed by atoms with Crippen molar-refractivity contribution in [3.8, 4) is 11.5 Å². The first-order valence-electron chi connectivity index (χ1n) is 24.0. The number of halogens is 1. The molecule has 0 radical (unpaired) electrons. The number of aryl methyl sites for hydroxylation is 1. The van der Waals surface area contributed by atoms with Crippen molar-refractivity contribution in [2.45, 2.75) is 96.1 Å². The monoisotopic (exact) mass is 884 g/mol. The van der Waals surface area contributed by atoms with E-state index < -0.39 is 11.9 Å². The predicted octanol–water partition coefficient (Wildman–Crippen LogP) is 11.3. The molecule has 4 aromatic carbocycles. The van der Waals surface area contributed by atoms with Crippen molar-refractivity contribution >= 4 is 33.7 Å². The van der Waals surface area contributed by atoms with Gasteiger partial charge in [-0.15, -0.1) is 0 Å². The normalized spacial score (nSPS) is 16.4. The predicted molar refractivity (Wildman–Crippen MR) is 255 cm³/mol. The Morgan fingerprint density at radius 1 is 0.600 bits per heavy atom. The van der Waals surface area contributed by atoms with Crippen LogP contribution >= 0.6 is 0 Å². The molecule has 3 fully saturated rings. The maximum absolute atomic E-state index is 13.9. The van der Waals surface area contributed by atoms with Crippen molar-refractivity contribution in [1.29, 1.82) is 0 Å². The molecular formula is C54H65FN4O6. The summed E-state index contributed by atoms with van der Waals surface area (Å²) in [5.41, 5.74) is 5.68. The number of carboxylic acids is 2. The second-order valence-electron chi connectivity index (χ2n) is 18.2. The molecule has 3 aliphatic rings. The number of fused-ring (bicyclic) bond motifs is 2. The summed E-state index contributed by atoms with van der Waals surface area (Å²) in [6, 6.07) is 27.7. The molecule has 10 nitrogen and oxygen atoms in total. The Hall–Kier alpha value is -5.65. The minimum Gasteiger partial charge on any atom is -0.491 e. The van der Waals surface area contributed by atoms with Crippen LogP contribution in [0.1, 0.15) is 115 Å². The number of aromatic carboxylic acids is 2. The first kappa shape index (κ1) is 45.9. The lowest BCUT2D eigenvalue weighted by Crippen LogP contribution is -2.35. The molecule has 2 saturated heterocycles. The molecule has 65 heavy (non-hydrogen) atoms. The van der Waals surface area contributed by atoms with Gasteiger partial charge in [0, 0.05) is 54.9 Å². The molecule has 2 N–H and O–H groups in total. The number of carbonyl (C=O) groups is 2. The van der Waals surface area contributed by atoms with E-state index >= 15 is 0 Å². The molecule has 1 saturated carbocycles. The number of aromatic nitrogens is 2. The zero-order valence-corrected chi connectivity index (χ0v) is 37.9. The van der Waals surface area contributed by atoms with Crippen LogP contribution in [-0.2, 0) is 13.1 Å². The maximum atomic E-state index is 13.9. The molecule has 0 spiro atoms. The Balaban J connectivity index is 0.000000177. The van der Waals surface area contributed by atoms with Crippen molar-refractivity contribution in [2.75, 3.05) is 52.5 Å². The van der Waals surface area contributed by atoms with Crippen molar-refractivity contribution in [3.05, 3.63) is 131 Å². The van der Waals surface area contributed by atoms with E-state index in [0.29, 0.717) is 36.5 Å². The molecule has 0 bridgehead atoms. The second-order valence-corrected chi connectivity index (χ2v) is 18.2. The number of likely N-dealkylation sites (tertiary alicyclic amines) is 2. The highest BCUT2D eigenvalue weighted by atomic mass is 19.1. The van der Waals surface area contributed by atoms with Crippen LogP contribution in [0.5, 0.6) is 11.5 Å². The quantitative estimate of drug-likeness (QED) is 0.0774. The molecule has 0 unspecified atom stereocenters. The van der Waals surface area contributed by atoms with Crippen LogP contribution in [0.15, 0.2) is 103 Å². The SMILES string of the molecule is CCCCCCn1cc(C2CCN(CCOc3ccccc3C(=O)O)CC2)c2ccccc21.O=C(O)c1ccccc1OCCN1CCC(c2cn(CC3CC3)c3cc(F)ccc23)CC1. The van der Waals surface area contributed by atoms with Gasteiger partial charge in [0.15, 0.2) is 0 Å². The van der Waals surface area contributed by atoms with Gasteiger partial charge >= 0.3 is 11.9 Å². The van der Waals surface area contributed by atoms with E-state index in [4.69, 9.17) is 9.47 Å². The third kappa shape index (κ3) is 11.8. The van der Waals surface area contributed by atoms with E-state index in [9.17, 15) is 24.2 Å². The van der Waals surface area contributed by atoms with Gasteiger partial charge in [-0.1, -0.05) is 68.7 Å². The number of hydrogen-bond acceptors (Lipinski definition) is 6. The molecule has 11 heteroatoms. The zero-order chi connectivity index (χ0) is 45.1. The summed E-state index contributed by atoms with van der Waals surface area (Å²) in [5.74, 6) is 0.605. The maximum Gasteiger partial charge on any atom is 0.339 e. The smallest absolute Gasteiger partial charge is 0.339 e. The minimum atomic E-state index is -0.970. The van der Waals surface area contributed by atoms with E-state index in [-0.39, 0.29) is 16.9 Å². The molecule has 9 rings (SSSR count). The molecule has 2 aliphatic heterocycles. The summed E-state index contributed by atoms with van der Waals surface area (Å²) < 4.78 is 30.2. The Morgan fingerprint density at radius 3 is 1.68 bits per heavy atom. The summed E-state index contributed by atoms with van der Waals surface area (Å²) in [7, 11) is 0. The fraction of sp³-hybridized carbons (Fsp3) is 0.444. The largest absolute Gasteiger partial charge is 0.491 e. The van der Waals surface area contributed by atoms with Crippen molar-refractivity contribution in [3.63, 3.8) is 0 Å². The first-order chi connectivity index (χ1) is 31.7. The van der Waals surface area contributed by atoms with Gasteiger partial charge in [-0.25, -0.2) is 14.0 Å². The average Bonchev–Trinajstić information content (AvgIpc) is 3.98. The van der Waals surface area contributed by atoms with Crippen molar-refractivity contribution in [1.82, 2.24) is 18.9 Å². The number of ether oxygens (including phenoxy) is 2. The van der Waals surface area contributed by atoms with Gasteiger partial charge in [0.1, 0.15) is 41.7 Å². The summed E-state index contributed by atoms with van der Waals surface area (Å²) in [6.45, 7) is 11.0. The molecule has 1 aliphatic carbocycles. The second kappa shape index (κ2) is 22.0. The number of hydrogen-bond donors (Lipinski definition) is 2. The number of piperidine rings is 2. The Labute approximate surface area is 382 Å². The molecule has 0 atom stereocenters.